The van der Waals surface area contributed by atoms with Gasteiger partial charge in [0, 0.05) is 0 Å². The Morgan fingerprint density at radius 2 is 0.688 bits per heavy atom. The second-order valence-corrected chi connectivity index (χ2v) is 19.5. The Morgan fingerprint density at radius 3 is 1.05 bits per heavy atom. The standard InChI is InChI=1S/C59H111NO4/c1-3-5-7-9-11-13-15-17-19-21-23-24-25-26-27-28-29-30-31-32-33-34-35-36-38-40-42-44-46-48-50-52-54-58(63)59(64)60-56(55-61)57(62)53-51-49-47-45-43-41-39-37-22-20-18-16-14-12-10-8-6-4-2/h23-24,26-27,43,45,51,53,56-58,61-63H,3-22,25,28-42,44,46-50,52,54-55H2,1-2H3,(H,60,64)/b24-23-,27-26-,45-43+,53-51+. The third-order valence-corrected chi connectivity index (χ3v) is 13.1. The van der Waals surface area contributed by atoms with Gasteiger partial charge in [-0.05, 0) is 64.2 Å². The summed E-state index contributed by atoms with van der Waals surface area (Å²) in [6, 6.07) is -0.815. The summed E-state index contributed by atoms with van der Waals surface area (Å²) in [5, 5.41) is 33.3. The third kappa shape index (κ3) is 48.2. The van der Waals surface area contributed by atoms with Crippen LogP contribution in [0.5, 0.6) is 0 Å². The van der Waals surface area contributed by atoms with Gasteiger partial charge in [-0.1, -0.05) is 281 Å². The number of allylic oxidation sites excluding steroid dienone is 7. The molecule has 0 aliphatic carbocycles. The van der Waals surface area contributed by atoms with E-state index in [4.69, 9.17) is 0 Å². The van der Waals surface area contributed by atoms with Gasteiger partial charge in [-0.2, -0.15) is 0 Å². The molecule has 3 unspecified atom stereocenters. The fraction of sp³-hybridized carbons (Fsp3) is 0.847. The molecule has 0 heterocycles. The van der Waals surface area contributed by atoms with Crippen molar-refractivity contribution >= 4 is 5.91 Å². The van der Waals surface area contributed by atoms with Crippen molar-refractivity contribution in [1.29, 1.82) is 0 Å². The summed E-state index contributed by atoms with van der Waals surface area (Å²) in [6.07, 6.45) is 71.9. The third-order valence-electron chi connectivity index (χ3n) is 13.1. The van der Waals surface area contributed by atoms with Gasteiger partial charge >= 0.3 is 0 Å². The minimum Gasteiger partial charge on any atom is -0.394 e. The smallest absolute Gasteiger partial charge is 0.249 e. The number of aliphatic hydroxyl groups excluding tert-OH is 3. The molecule has 0 aromatic rings. The molecule has 0 aliphatic rings. The average molecular weight is 899 g/mol. The predicted octanol–water partition coefficient (Wildman–Crippen LogP) is 17.6. The first-order chi connectivity index (χ1) is 31.6. The quantitative estimate of drug-likeness (QED) is 0.0362. The summed E-state index contributed by atoms with van der Waals surface area (Å²) < 4.78 is 0. The fourth-order valence-corrected chi connectivity index (χ4v) is 8.70. The van der Waals surface area contributed by atoms with E-state index < -0.39 is 24.2 Å². The van der Waals surface area contributed by atoms with Gasteiger partial charge in [-0.3, -0.25) is 4.79 Å². The maximum Gasteiger partial charge on any atom is 0.249 e. The van der Waals surface area contributed by atoms with Gasteiger partial charge in [0.05, 0.1) is 18.8 Å². The predicted molar refractivity (Wildman–Crippen MR) is 282 cm³/mol. The van der Waals surface area contributed by atoms with Crippen molar-refractivity contribution in [3.63, 3.8) is 0 Å². The molecule has 5 heteroatoms. The molecule has 0 radical (unpaired) electrons. The largest absolute Gasteiger partial charge is 0.394 e. The zero-order valence-corrected chi connectivity index (χ0v) is 42.9. The summed E-state index contributed by atoms with van der Waals surface area (Å²) >= 11 is 0. The fourth-order valence-electron chi connectivity index (χ4n) is 8.70. The first-order valence-corrected chi connectivity index (χ1v) is 28.5. The number of nitrogens with one attached hydrogen (secondary N) is 1. The molecule has 4 N–H and O–H groups in total. The zero-order valence-electron chi connectivity index (χ0n) is 42.9. The SMILES string of the molecule is CCCCCCCCCCC/C=C\C/C=C\CCCCCCCCCCCCCCCCCCC(O)C(=O)NC(CO)C(O)/C=C/CC/C=C/CCCCCCCCCCCCCC. The Balaban J connectivity index is 3.57. The molecule has 0 aromatic carbocycles. The summed E-state index contributed by atoms with van der Waals surface area (Å²) in [6.45, 7) is 4.19. The molecule has 0 saturated heterocycles. The van der Waals surface area contributed by atoms with Crippen LogP contribution in [0.3, 0.4) is 0 Å². The van der Waals surface area contributed by atoms with Crippen LogP contribution in [0.4, 0.5) is 0 Å². The number of unbranched alkanes of at least 4 members (excludes halogenated alkanes) is 38. The molecular formula is C59H111NO4. The molecule has 0 saturated carbocycles. The summed E-state index contributed by atoms with van der Waals surface area (Å²) in [7, 11) is 0. The lowest BCUT2D eigenvalue weighted by Gasteiger charge is -2.21. The molecule has 0 spiro atoms. The average Bonchev–Trinajstić information content (AvgIpc) is 3.30. The highest BCUT2D eigenvalue weighted by Crippen LogP contribution is 2.17. The molecule has 5 nitrogen and oxygen atoms in total. The van der Waals surface area contributed by atoms with E-state index in [-0.39, 0.29) is 6.61 Å². The van der Waals surface area contributed by atoms with Crippen molar-refractivity contribution in [2.45, 2.75) is 315 Å². The Labute approximate surface area is 399 Å². The number of hydrogen-bond donors (Lipinski definition) is 4. The van der Waals surface area contributed by atoms with E-state index >= 15 is 0 Å². The topological polar surface area (TPSA) is 89.8 Å². The second-order valence-electron chi connectivity index (χ2n) is 19.5. The van der Waals surface area contributed by atoms with E-state index in [0.717, 1.165) is 44.9 Å². The van der Waals surface area contributed by atoms with Gasteiger partial charge in [0.15, 0.2) is 0 Å². The zero-order chi connectivity index (χ0) is 46.5. The highest BCUT2D eigenvalue weighted by atomic mass is 16.3. The monoisotopic (exact) mass is 898 g/mol. The molecule has 0 fully saturated rings. The molecule has 0 rings (SSSR count). The van der Waals surface area contributed by atoms with Crippen LogP contribution < -0.4 is 5.32 Å². The van der Waals surface area contributed by atoms with Crippen LogP contribution in [-0.4, -0.2) is 46.1 Å². The lowest BCUT2D eigenvalue weighted by molar-refractivity contribution is -0.131. The number of aliphatic hydroxyl groups is 3. The van der Waals surface area contributed by atoms with Crippen molar-refractivity contribution < 1.29 is 20.1 Å². The minimum absolute atomic E-state index is 0.375. The van der Waals surface area contributed by atoms with Crippen molar-refractivity contribution in [2.24, 2.45) is 0 Å². The first-order valence-electron chi connectivity index (χ1n) is 28.5. The molecule has 3 atom stereocenters. The van der Waals surface area contributed by atoms with E-state index in [1.54, 1.807) is 6.08 Å². The van der Waals surface area contributed by atoms with Crippen LogP contribution in [0, 0.1) is 0 Å². The number of rotatable bonds is 52. The maximum atomic E-state index is 12.5. The molecule has 1 amide bonds. The van der Waals surface area contributed by atoms with E-state index in [9.17, 15) is 20.1 Å². The van der Waals surface area contributed by atoms with Crippen LogP contribution in [0.1, 0.15) is 296 Å². The van der Waals surface area contributed by atoms with Crippen molar-refractivity contribution in [3.05, 3.63) is 48.6 Å². The lowest BCUT2D eigenvalue weighted by Crippen LogP contribution is -2.48. The van der Waals surface area contributed by atoms with Gasteiger partial charge in [-0.25, -0.2) is 0 Å². The van der Waals surface area contributed by atoms with Gasteiger partial charge < -0.3 is 20.6 Å². The van der Waals surface area contributed by atoms with Crippen molar-refractivity contribution in [2.75, 3.05) is 6.61 Å². The first kappa shape index (κ1) is 62.3. The highest BCUT2D eigenvalue weighted by molar-refractivity contribution is 5.80. The summed E-state index contributed by atoms with van der Waals surface area (Å²) in [4.78, 5) is 12.5. The molecule has 64 heavy (non-hydrogen) atoms. The molecule has 376 valence electrons. The Kier molecular flexibility index (Phi) is 52.5. The number of hydrogen-bond acceptors (Lipinski definition) is 4. The lowest BCUT2D eigenvalue weighted by atomic mass is 10.0. The minimum atomic E-state index is -1.11. The van der Waals surface area contributed by atoms with Crippen LogP contribution in [0.2, 0.25) is 0 Å². The van der Waals surface area contributed by atoms with Crippen molar-refractivity contribution in [3.8, 4) is 0 Å². The maximum absolute atomic E-state index is 12.5. The summed E-state index contributed by atoms with van der Waals surface area (Å²) in [5.41, 5.74) is 0. The van der Waals surface area contributed by atoms with Gasteiger partial charge in [-0.15, -0.1) is 0 Å². The van der Waals surface area contributed by atoms with Crippen LogP contribution in [-0.2, 0) is 4.79 Å². The Morgan fingerprint density at radius 1 is 0.391 bits per heavy atom. The molecule has 0 aliphatic heterocycles. The van der Waals surface area contributed by atoms with Gasteiger partial charge in [0.25, 0.3) is 0 Å². The van der Waals surface area contributed by atoms with E-state index in [1.807, 2.05) is 6.08 Å². The Hall–Kier alpha value is -1.69. The number of carbonyl (C=O) groups excluding carboxylic acids is 1. The van der Waals surface area contributed by atoms with Crippen LogP contribution in [0.25, 0.3) is 0 Å². The van der Waals surface area contributed by atoms with Crippen molar-refractivity contribution in [1.82, 2.24) is 5.32 Å². The normalized spacial score (nSPS) is 13.6. The van der Waals surface area contributed by atoms with Crippen LogP contribution >= 0.6 is 0 Å². The van der Waals surface area contributed by atoms with Crippen LogP contribution in [0.15, 0.2) is 48.6 Å². The van der Waals surface area contributed by atoms with E-state index in [0.29, 0.717) is 6.42 Å². The van der Waals surface area contributed by atoms with Gasteiger partial charge in [0.1, 0.15) is 6.10 Å². The van der Waals surface area contributed by atoms with Gasteiger partial charge in [0.2, 0.25) is 5.91 Å². The van der Waals surface area contributed by atoms with E-state index in [1.165, 1.54) is 231 Å². The summed E-state index contributed by atoms with van der Waals surface area (Å²) in [5.74, 6) is -0.510. The van der Waals surface area contributed by atoms with E-state index in [2.05, 4.69) is 55.6 Å². The second kappa shape index (κ2) is 53.9. The molecule has 0 bridgehead atoms. The highest BCUT2D eigenvalue weighted by Gasteiger charge is 2.22. The Bertz CT molecular complexity index is 1040. The number of amides is 1. The number of carbonyl (C=O) groups is 1. The molecular weight excluding hydrogens is 787 g/mol. The molecule has 0 aromatic heterocycles.